The molecule has 0 bridgehead atoms. The summed E-state index contributed by atoms with van der Waals surface area (Å²) in [4.78, 5) is 25.9. The van der Waals surface area contributed by atoms with Crippen LogP contribution in [0.15, 0.2) is 48.5 Å². The Balaban J connectivity index is 1.63. The van der Waals surface area contributed by atoms with E-state index in [9.17, 15) is 18.4 Å². The molecule has 24 heavy (non-hydrogen) atoms. The molecule has 1 saturated heterocycles. The van der Waals surface area contributed by atoms with Crippen LogP contribution in [0, 0.1) is 17.6 Å². The molecule has 2 aromatic carbocycles. The zero-order chi connectivity index (χ0) is 17.1. The maximum atomic E-state index is 13.2. The van der Waals surface area contributed by atoms with Gasteiger partial charge in [0, 0.05) is 31.3 Å². The van der Waals surface area contributed by atoms with E-state index in [-0.39, 0.29) is 24.6 Å². The van der Waals surface area contributed by atoms with Crippen molar-refractivity contribution in [2.24, 2.45) is 5.92 Å². The van der Waals surface area contributed by atoms with E-state index in [0.717, 1.165) is 23.8 Å². The van der Waals surface area contributed by atoms with Gasteiger partial charge in [0.15, 0.2) is 0 Å². The monoisotopic (exact) mass is 330 g/mol. The van der Waals surface area contributed by atoms with Crippen molar-refractivity contribution in [2.45, 2.75) is 13.0 Å². The molecule has 3 rings (SSSR count). The second-order valence-electron chi connectivity index (χ2n) is 5.81. The first-order valence-electron chi connectivity index (χ1n) is 7.60. The molecule has 1 heterocycles. The molecule has 1 N–H and O–H groups in total. The first kappa shape index (κ1) is 16.1. The molecule has 2 aromatic rings. The number of carbonyl (C=O) groups is 2. The maximum absolute atomic E-state index is 13.2. The first-order valence-corrected chi connectivity index (χ1v) is 7.60. The van der Waals surface area contributed by atoms with Crippen molar-refractivity contribution < 1.29 is 18.4 Å². The van der Waals surface area contributed by atoms with Crippen LogP contribution in [-0.4, -0.2) is 23.3 Å². The first-order chi connectivity index (χ1) is 11.5. The lowest BCUT2D eigenvalue weighted by Crippen LogP contribution is -2.28. The molecule has 0 aliphatic carbocycles. The van der Waals surface area contributed by atoms with Crippen molar-refractivity contribution in [3.05, 3.63) is 65.7 Å². The summed E-state index contributed by atoms with van der Waals surface area (Å²) in [5.41, 5.74) is 1.03. The third-order valence-electron chi connectivity index (χ3n) is 3.93. The number of nitrogens with zero attached hydrogens (tertiary/aromatic N) is 1. The number of hydrogen-bond acceptors (Lipinski definition) is 2. The van der Waals surface area contributed by atoms with Gasteiger partial charge in [-0.15, -0.1) is 0 Å². The molecule has 1 unspecified atom stereocenters. The highest BCUT2D eigenvalue weighted by molar-refractivity contribution is 5.97. The highest BCUT2D eigenvalue weighted by atomic mass is 19.1. The van der Waals surface area contributed by atoms with Gasteiger partial charge < -0.3 is 10.2 Å². The van der Waals surface area contributed by atoms with Crippen LogP contribution in [0.25, 0.3) is 0 Å². The lowest BCUT2D eigenvalue weighted by molar-refractivity contribution is -0.128. The number of halogens is 2. The standard InChI is InChI=1S/C18H16F2N2O2/c19-14-7-15(20)9-16(8-14)21-18(24)13-6-17(23)22(11-13)10-12-4-2-1-3-5-12/h1-5,7-9,13H,6,10-11H2,(H,21,24). The fourth-order valence-corrected chi connectivity index (χ4v) is 2.77. The van der Waals surface area contributed by atoms with E-state index in [1.165, 1.54) is 0 Å². The predicted octanol–water partition coefficient (Wildman–Crippen LogP) is 2.95. The highest BCUT2D eigenvalue weighted by Gasteiger charge is 2.34. The summed E-state index contributed by atoms with van der Waals surface area (Å²) in [6.07, 6.45) is 0.0937. The minimum atomic E-state index is -0.765. The van der Waals surface area contributed by atoms with Crippen molar-refractivity contribution in [3.63, 3.8) is 0 Å². The third kappa shape index (κ3) is 3.76. The van der Waals surface area contributed by atoms with E-state index < -0.39 is 23.5 Å². The van der Waals surface area contributed by atoms with E-state index in [4.69, 9.17) is 0 Å². The minimum absolute atomic E-state index is 0.0476. The Bertz CT molecular complexity index is 745. The summed E-state index contributed by atoms with van der Waals surface area (Å²) in [5.74, 6) is -2.59. The number of nitrogens with one attached hydrogen (secondary N) is 1. The highest BCUT2D eigenvalue weighted by Crippen LogP contribution is 2.22. The lowest BCUT2D eigenvalue weighted by Gasteiger charge is -2.16. The summed E-state index contributed by atoms with van der Waals surface area (Å²) >= 11 is 0. The Morgan fingerprint density at radius 1 is 1.12 bits per heavy atom. The molecule has 0 radical (unpaired) electrons. The number of rotatable bonds is 4. The molecule has 1 aliphatic heterocycles. The molecule has 0 saturated carbocycles. The number of hydrogen-bond donors (Lipinski definition) is 1. The Labute approximate surface area is 138 Å². The summed E-state index contributed by atoms with van der Waals surface area (Å²) < 4.78 is 26.3. The molecule has 2 amide bonds. The minimum Gasteiger partial charge on any atom is -0.338 e. The van der Waals surface area contributed by atoms with Crippen molar-refractivity contribution >= 4 is 17.5 Å². The smallest absolute Gasteiger partial charge is 0.229 e. The number of carbonyl (C=O) groups excluding carboxylic acids is 2. The SMILES string of the molecule is O=C(Nc1cc(F)cc(F)c1)C1CC(=O)N(Cc2ccccc2)C1. The molecule has 1 fully saturated rings. The lowest BCUT2D eigenvalue weighted by atomic mass is 10.1. The Morgan fingerprint density at radius 3 is 2.46 bits per heavy atom. The third-order valence-corrected chi connectivity index (χ3v) is 3.93. The normalized spacial score (nSPS) is 17.2. The number of amides is 2. The zero-order valence-corrected chi connectivity index (χ0v) is 12.8. The van der Waals surface area contributed by atoms with E-state index in [1.807, 2.05) is 30.3 Å². The Morgan fingerprint density at radius 2 is 1.79 bits per heavy atom. The average Bonchev–Trinajstić information content (AvgIpc) is 2.88. The van der Waals surface area contributed by atoms with E-state index in [1.54, 1.807) is 4.90 Å². The van der Waals surface area contributed by atoms with Gasteiger partial charge in [-0.05, 0) is 17.7 Å². The number of benzene rings is 2. The van der Waals surface area contributed by atoms with Gasteiger partial charge >= 0.3 is 0 Å². The fourth-order valence-electron chi connectivity index (χ4n) is 2.77. The Hall–Kier alpha value is -2.76. The van der Waals surface area contributed by atoms with Crippen LogP contribution >= 0.6 is 0 Å². The van der Waals surface area contributed by atoms with Crippen molar-refractivity contribution in [1.82, 2.24) is 4.90 Å². The largest absolute Gasteiger partial charge is 0.338 e. The van der Waals surface area contributed by atoms with Gasteiger partial charge in [0.25, 0.3) is 0 Å². The summed E-state index contributed by atoms with van der Waals surface area (Å²) in [6, 6.07) is 12.3. The van der Waals surface area contributed by atoms with Gasteiger partial charge in [-0.25, -0.2) is 8.78 Å². The van der Waals surface area contributed by atoms with Crippen LogP contribution in [0.4, 0.5) is 14.5 Å². The molecule has 124 valence electrons. The Kier molecular flexibility index (Phi) is 4.55. The molecule has 0 aromatic heterocycles. The summed E-state index contributed by atoms with van der Waals surface area (Å²) in [6.45, 7) is 0.732. The van der Waals surface area contributed by atoms with Crippen molar-refractivity contribution in [2.75, 3.05) is 11.9 Å². The number of likely N-dealkylation sites (tertiary alicyclic amines) is 1. The van der Waals surface area contributed by atoms with E-state index in [0.29, 0.717) is 6.54 Å². The van der Waals surface area contributed by atoms with Gasteiger partial charge in [0.1, 0.15) is 11.6 Å². The summed E-state index contributed by atoms with van der Waals surface area (Å²) in [7, 11) is 0. The van der Waals surface area contributed by atoms with Crippen molar-refractivity contribution in [3.8, 4) is 0 Å². The average molecular weight is 330 g/mol. The topological polar surface area (TPSA) is 49.4 Å². The van der Waals surface area contributed by atoms with Crippen LogP contribution in [0.3, 0.4) is 0 Å². The van der Waals surface area contributed by atoms with Gasteiger partial charge in [-0.2, -0.15) is 0 Å². The quantitative estimate of drug-likeness (QED) is 0.937. The molecule has 4 nitrogen and oxygen atoms in total. The van der Waals surface area contributed by atoms with Crippen LogP contribution in [0.5, 0.6) is 0 Å². The predicted molar refractivity (Wildman–Crippen MR) is 85.0 cm³/mol. The molecular formula is C18H16F2N2O2. The maximum Gasteiger partial charge on any atom is 0.229 e. The van der Waals surface area contributed by atoms with Crippen molar-refractivity contribution in [1.29, 1.82) is 0 Å². The summed E-state index contributed by atoms with van der Waals surface area (Å²) in [5, 5.41) is 2.47. The van der Waals surface area contributed by atoms with Crippen LogP contribution in [-0.2, 0) is 16.1 Å². The molecule has 0 spiro atoms. The second kappa shape index (κ2) is 6.78. The second-order valence-corrected chi connectivity index (χ2v) is 5.81. The number of anilines is 1. The molecule has 1 atom stereocenters. The van der Waals surface area contributed by atoms with Gasteiger partial charge in [0.05, 0.1) is 5.92 Å². The van der Waals surface area contributed by atoms with Gasteiger partial charge in [-0.3, -0.25) is 9.59 Å². The van der Waals surface area contributed by atoms with Crippen LogP contribution < -0.4 is 5.32 Å². The van der Waals surface area contributed by atoms with E-state index >= 15 is 0 Å². The van der Waals surface area contributed by atoms with Gasteiger partial charge in [0.2, 0.25) is 11.8 Å². The van der Waals surface area contributed by atoms with Crippen LogP contribution in [0.1, 0.15) is 12.0 Å². The molecule has 6 heteroatoms. The zero-order valence-electron chi connectivity index (χ0n) is 12.8. The van der Waals surface area contributed by atoms with E-state index in [2.05, 4.69) is 5.32 Å². The van der Waals surface area contributed by atoms with Crippen LogP contribution in [0.2, 0.25) is 0 Å². The molecule has 1 aliphatic rings. The molecular weight excluding hydrogens is 314 g/mol. The van der Waals surface area contributed by atoms with Gasteiger partial charge in [-0.1, -0.05) is 30.3 Å². The fraction of sp³-hybridized carbons (Fsp3) is 0.222.